The maximum Gasteiger partial charge on any atom is 0.200 e. The highest BCUT2D eigenvalue weighted by molar-refractivity contribution is 8.04. The Balaban J connectivity index is 1.64. The number of hydrogen-bond donors (Lipinski definition) is 2. The van der Waals surface area contributed by atoms with Gasteiger partial charge in [0.25, 0.3) is 0 Å². The van der Waals surface area contributed by atoms with Gasteiger partial charge in [-0.15, -0.1) is 0 Å². The van der Waals surface area contributed by atoms with E-state index in [0.29, 0.717) is 22.1 Å². The number of ketones is 1. The molecule has 118 valence electrons. The first-order valence-electron chi connectivity index (χ1n) is 7.34. The number of carbonyl (C=O) groups excluding carboxylic acids is 1. The van der Waals surface area contributed by atoms with Gasteiger partial charge in [-0.2, -0.15) is 0 Å². The predicted octanol–water partition coefficient (Wildman–Crippen LogP) is 4.56. The van der Waals surface area contributed by atoms with Crippen LogP contribution in [0.15, 0.2) is 68.8 Å². The number of furan rings is 1. The Bertz CT molecular complexity index is 988. The lowest BCUT2D eigenvalue weighted by molar-refractivity contribution is 0.104. The second-order valence-corrected chi connectivity index (χ2v) is 6.50. The summed E-state index contributed by atoms with van der Waals surface area (Å²) in [5.74, 6) is 1.28. The van der Waals surface area contributed by atoms with E-state index in [2.05, 4.69) is 0 Å². The Hall–Kier alpha value is -2.92. The molecule has 1 aliphatic heterocycles. The number of carbonyl (C=O) groups is 1. The van der Waals surface area contributed by atoms with Crippen molar-refractivity contribution in [3.8, 4) is 17.1 Å². The van der Waals surface area contributed by atoms with Crippen LogP contribution >= 0.6 is 11.8 Å². The predicted molar refractivity (Wildman–Crippen MR) is 94.8 cm³/mol. The normalized spacial score (nSPS) is 15.0. The van der Waals surface area contributed by atoms with Gasteiger partial charge in [-0.3, -0.25) is 4.79 Å². The van der Waals surface area contributed by atoms with Crippen LogP contribution in [0.4, 0.5) is 5.69 Å². The smallest absolute Gasteiger partial charge is 0.200 e. The zero-order chi connectivity index (χ0) is 16.7. The van der Waals surface area contributed by atoms with Crippen molar-refractivity contribution < 1.29 is 14.3 Å². The molecule has 3 aromatic rings. The fourth-order valence-electron chi connectivity index (χ4n) is 2.56. The lowest BCUT2D eigenvalue weighted by Crippen LogP contribution is -1.93. The number of thioether (sulfide) groups is 1. The molecule has 5 heteroatoms. The minimum atomic E-state index is 0.0161. The summed E-state index contributed by atoms with van der Waals surface area (Å²) >= 11 is 1.45. The Labute approximate surface area is 142 Å². The molecular formula is C19H13NO3S. The van der Waals surface area contributed by atoms with Crippen LogP contribution in [0, 0.1) is 0 Å². The van der Waals surface area contributed by atoms with Gasteiger partial charge in [0, 0.05) is 16.0 Å². The van der Waals surface area contributed by atoms with Crippen LogP contribution in [-0.2, 0) is 0 Å². The van der Waals surface area contributed by atoms with E-state index in [-0.39, 0.29) is 11.5 Å². The molecular weight excluding hydrogens is 322 g/mol. The van der Waals surface area contributed by atoms with E-state index in [0.717, 1.165) is 16.0 Å². The number of allylic oxidation sites excluding steroid dienone is 1. The fourth-order valence-corrected chi connectivity index (χ4v) is 3.59. The first kappa shape index (κ1) is 14.7. The highest BCUT2D eigenvalue weighted by Crippen LogP contribution is 2.41. The van der Waals surface area contributed by atoms with Crippen molar-refractivity contribution >= 4 is 29.3 Å². The molecule has 0 amide bonds. The topological polar surface area (TPSA) is 76.5 Å². The Kier molecular flexibility index (Phi) is 3.43. The summed E-state index contributed by atoms with van der Waals surface area (Å²) in [6.07, 6.45) is 1.75. The monoisotopic (exact) mass is 335 g/mol. The molecule has 4 rings (SSSR count). The van der Waals surface area contributed by atoms with E-state index in [1.165, 1.54) is 17.8 Å². The van der Waals surface area contributed by atoms with Crippen LogP contribution in [0.1, 0.15) is 16.1 Å². The number of hydrogen-bond acceptors (Lipinski definition) is 5. The van der Waals surface area contributed by atoms with Crippen molar-refractivity contribution in [3.63, 3.8) is 0 Å². The number of anilines is 1. The second kappa shape index (κ2) is 5.62. The van der Waals surface area contributed by atoms with Crippen molar-refractivity contribution in [2.75, 3.05) is 5.73 Å². The maximum atomic E-state index is 12.4. The fraction of sp³-hybridized carbons (Fsp3) is 0. The van der Waals surface area contributed by atoms with E-state index >= 15 is 0 Å². The van der Waals surface area contributed by atoms with Gasteiger partial charge < -0.3 is 15.3 Å². The van der Waals surface area contributed by atoms with Gasteiger partial charge >= 0.3 is 0 Å². The van der Waals surface area contributed by atoms with Crippen LogP contribution in [0.5, 0.6) is 5.75 Å². The van der Waals surface area contributed by atoms with Crippen LogP contribution in [-0.4, -0.2) is 10.9 Å². The average molecular weight is 335 g/mol. The third kappa shape index (κ3) is 2.49. The SMILES string of the molecule is Nc1cc(-c2ccc(/C=C3\Sc4ccccc4C3=O)o2)ccc1O. The molecule has 24 heavy (non-hydrogen) atoms. The number of Topliss-reactive ketones (excluding diaryl/α,β-unsaturated/α-hetero) is 1. The molecule has 0 fully saturated rings. The first-order valence-corrected chi connectivity index (χ1v) is 8.15. The number of rotatable bonds is 2. The van der Waals surface area contributed by atoms with Crippen LogP contribution in [0.25, 0.3) is 17.4 Å². The molecule has 3 N–H and O–H groups in total. The number of fused-ring (bicyclic) bond motifs is 1. The van der Waals surface area contributed by atoms with Gasteiger partial charge in [0.05, 0.1) is 10.6 Å². The first-order chi connectivity index (χ1) is 11.6. The third-order valence-electron chi connectivity index (χ3n) is 3.79. The Morgan fingerprint density at radius 1 is 1.08 bits per heavy atom. The number of phenols is 1. The lowest BCUT2D eigenvalue weighted by atomic mass is 10.1. The maximum absolute atomic E-state index is 12.4. The molecule has 0 unspecified atom stereocenters. The Morgan fingerprint density at radius 3 is 2.71 bits per heavy atom. The van der Waals surface area contributed by atoms with Crippen molar-refractivity contribution in [1.82, 2.24) is 0 Å². The summed E-state index contributed by atoms with van der Waals surface area (Å²) in [5, 5.41) is 9.50. The summed E-state index contributed by atoms with van der Waals surface area (Å²) < 4.78 is 5.79. The molecule has 0 saturated carbocycles. The zero-order valence-corrected chi connectivity index (χ0v) is 13.3. The summed E-state index contributed by atoms with van der Waals surface area (Å²) in [7, 11) is 0. The van der Waals surface area contributed by atoms with E-state index in [4.69, 9.17) is 10.2 Å². The van der Waals surface area contributed by atoms with Crippen molar-refractivity contribution in [2.45, 2.75) is 4.90 Å². The molecule has 1 aliphatic rings. The standard InChI is InChI=1S/C19H13NO3S/c20-14-9-11(5-7-15(14)21)16-8-6-12(23-16)10-18-19(22)13-3-1-2-4-17(13)24-18/h1-10,21H,20H2/b18-10-. The minimum absolute atomic E-state index is 0.0161. The molecule has 2 aromatic carbocycles. The molecule has 4 nitrogen and oxygen atoms in total. The van der Waals surface area contributed by atoms with E-state index < -0.39 is 0 Å². The highest BCUT2D eigenvalue weighted by atomic mass is 32.2. The Morgan fingerprint density at radius 2 is 1.92 bits per heavy atom. The summed E-state index contributed by atoms with van der Waals surface area (Å²) in [4.78, 5) is 14.0. The van der Waals surface area contributed by atoms with Gasteiger partial charge in [0.2, 0.25) is 5.78 Å². The van der Waals surface area contributed by atoms with Gasteiger partial charge in [-0.1, -0.05) is 23.9 Å². The zero-order valence-electron chi connectivity index (χ0n) is 12.5. The van der Waals surface area contributed by atoms with Gasteiger partial charge in [-0.25, -0.2) is 0 Å². The van der Waals surface area contributed by atoms with E-state index in [9.17, 15) is 9.90 Å². The van der Waals surface area contributed by atoms with Crippen LogP contribution in [0.3, 0.4) is 0 Å². The molecule has 0 bridgehead atoms. The highest BCUT2D eigenvalue weighted by Gasteiger charge is 2.25. The van der Waals surface area contributed by atoms with Crippen LogP contribution in [0.2, 0.25) is 0 Å². The molecule has 0 atom stereocenters. The number of benzene rings is 2. The molecule has 2 heterocycles. The molecule has 0 radical (unpaired) electrons. The second-order valence-electron chi connectivity index (χ2n) is 5.41. The third-order valence-corrected chi connectivity index (χ3v) is 4.89. The summed E-state index contributed by atoms with van der Waals surface area (Å²) in [6, 6.07) is 16.1. The minimum Gasteiger partial charge on any atom is -0.506 e. The van der Waals surface area contributed by atoms with Crippen LogP contribution < -0.4 is 5.73 Å². The van der Waals surface area contributed by atoms with Gasteiger partial charge in [0.15, 0.2) is 0 Å². The largest absolute Gasteiger partial charge is 0.506 e. The molecule has 1 aromatic heterocycles. The molecule has 0 spiro atoms. The average Bonchev–Trinajstić information content (AvgIpc) is 3.16. The van der Waals surface area contributed by atoms with E-state index in [1.807, 2.05) is 36.4 Å². The molecule has 0 saturated heterocycles. The number of phenolic OH excluding ortho intramolecular Hbond substituents is 1. The lowest BCUT2D eigenvalue weighted by Gasteiger charge is -2.01. The van der Waals surface area contributed by atoms with Crippen molar-refractivity contribution in [2.24, 2.45) is 0 Å². The van der Waals surface area contributed by atoms with E-state index in [1.54, 1.807) is 18.2 Å². The van der Waals surface area contributed by atoms with Gasteiger partial charge in [0.1, 0.15) is 17.3 Å². The number of nitrogen functional groups attached to an aromatic ring is 1. The summed E-state index contributed by atoms with van der Waals surface area (Å²) in [5.41, 5.74) is 7.50. The quantitative estimate of drug-likeness (QED) is 0.408. The van der Waals surface area contributed by atoms with Crippen molar-refractivity contribution in [1.29, 1.82) is 0 Å². The van der Waals surface area contributed by atoms with Crippen molar-refractivity contribution in [3.05, 3.63) is 70.8 Å². The number of aromatic hydroxyl groups is 1. The molecule has 0 aliphatic carbocycles. The summed E-state index contributed by atoms with van der Waals surface area (Å²) in [6.45, 7) is 0. The van der Waals surface area contributed by atoms with Gasteiger partial charge in [-0.05, 0) is 48.5 Å². The number of nitrogens with two attached hydrogens (primary N) is 1.